The molecule has 21 heavy (non-hydrogen) atoms. The summed E-state index contributed by atoms with van der Waals surface area (Å²) >= 11 is 5.93. The molecule has 0 radical (unpaired) electrons. The van der Waals surface area contributed by atoms with Gasteiger partial charge in [0.1, 0.15) is 5.82 Å². The number of amides is 2. The van der Waals surface area contributed by atoms with Gasteiger partial charge < -0.3 is 10.2 Å². The number of carbonyl (C=O) groups is 2. The first kappa shape index (κ1) is 15.8. The highest BCUT2D eigenvalue weighted by molar-refractivity contribution is 6.31. The topological polar surface area (TPSA) is 49.4 Å². The zero-order valence-corrected chi connectivity index (χ0v) is 12.6. The molecule has 1 aliphatic rings. The molecule has 4 nitrogen and oxygen atoms in total. The van der Waals surface area contributed by atoms with Crippen molar-refractivity contribution in [1.82, 2.24) is 10.2 Å². The van der Waals surface area contributed by atoms with Crippen LogP contribution in [0.15, 0.2) is 18.2 Å². The second-order valence-corrected chi connectivity index (χ2v) is 5.69. The van der Waals surface area contributed by atoms with Crippen LogP contribution in [0.3, 0.4) is 0 Å². The Morgan fingerprint density at radius 3 is 2.90 bits per heavy atom. The van der Waals surface area contributed by atoms with Crippen LogP contribution >= 0.6 is 11.6 Å². The van der Waals surface area contributed by atoms with E-state index < -0.39 is 5.82 Å². The van der Waals surface area contributed by atoms with E-state index >= 15 is 0 Å². The average molecular weight is 313 g/mol. The lowest BCUT2D eigenvalue weighted by molar-refractivity contribution is -0.130. The van der Waals surface area contributed by atoms with Crippen LogP contribution in [0.2, 0.25) is 5.02 Å². The van der Waals surface area contributed by atoms with Crippen LogP contribution in [0.4, 0.5) is 4.39 Å². The fraction of sp³-hybridized carbons (Fsp3) is 0.467. The van der Waals surface area contributed by atoms with E-state index in [2.05, 4.69) is 5.32 Å². The van der Waals surface area contributed by atoms with Crippen LogP contribution in [0, 0.1) is 11.7 Å². The summed E-state index contributed by atoms with van der Waals surface area (Å²) in [7, 11) is 1.61. The standard InChI is InChI=1S/C15H18ClFN2O2/c1-18-14(20)6-10-4-5-19(9-10)15(21)7-11-2-3-12(17)8-13(11)16/h2-3,8,10H,4-7,9H2,1H3,(H,18,20). The van der Waals surface area contributed by atoms with Crippen LogP contribution in [0.5, 0.6) is 0 Å². The van der Waals surface area contributed by atoms with Gasteiger partial charge in [0.05, 0.1) is 6.42 Å². The number of carbonyl (C=O) groups excluding carboxylic acids is 2. The molecule has 0 bridgehead atoms. The van der Waals surface area contributed by atoms with Gasteiger partial charge >= 0.3 is 0 Å². The normalized spacial score (nSPS) is 17.9. The number of rotatable bonds is 4. The highest BCUT2D eigenvalue weighted by Gasteiger charge is 2.27. The van der Waals surface area contributed by atoms with Gasteiger partial charge in [-0.2, -0.15) is 0 Å². The van der Waals surface area contributed by atoms with Gasteiger partial charge in [0.25, 0.3) is 0 Å². The average Bonchev–Trinajstić information content (AvgIpc) is 2.90. The Balaban J connectivity index is 1.91. The minimum Gasteiger partial charge on any atom is -0.359 e. The molecule has 0 spiro atoms. The minimum absolute atomic E-state index is 0.00382. The summed E-state index contributed by atoms with van der Waals surface area (Å²) in [6.07, 6.45) is 1.43. The molecular formula is C15H18ClFN2O2. The summed E-state index contributed by atoms with van der Waals surface area (Å²) in [6.45, 7) is 1.24. The van der Waals surface area contributed by atoms with Crippen molar-refractivity contribution in [1.29, 1.82) is 0 Å². The monoisotopic (exact) mass is 312 g/mol. The fourth-order valence-electron chi connectivity index (χ4n) is 2.53. The lowest BCUT2D eigenvalue weighted by Gasteiger charge is -2.17. The molecule has 1 unspecified atom stereocenters. The molecule has 1 aromatic carbocycles. The molecule has 1 heterocycles. The first-order chi connectivity index (χ1) is 9.99. The molecular weight excluding hydrogens is 295 g/mol. The summed E-state index contributed by atoms with van der Waals surface area (Å²) < 4.78 is 13.0. The van der Waals surface area contributed by atoms with Crippen molar-refractivity contribution in [3.8, 4) is 0 Å². The zero-order valence-electron chi connectivity index (χ0n) is 11.9. The van der Waals surface area contributed by atoms with Crippen LogP contribution in [0.1, 0.15) is 18.4 Å². The molecule has 0 aliphatic carbocycles. The van der Waals surface area contributed by atoms with Crippen molar-refractivity contribution in [2.75, 3.05) is 20.1 Å². The third-order valence-electron chi connectivity index (χ3n) is 3.75. The summed E-state index contributed by atoms with van der Waals surface area (Å²) in [5, 5.41) is 2.86. The molecule has 0 aromatic heterocycles. The first-order valence-corrected chi connectivity index (χ1v) is 7.29. The molecule has 1 saturated heterocycles. The maximum atomic E-state index is 13.0. The van der Waals surface area contributed by atoms with Crippen LogP contribution in [0.25, 0.3) is 0 Å². The predicted molar refractivity (Wildman–Crippen MR) is 78.5 cm³/mol. The molecule has 1 aromatic rings. The molecule has 2 rings (SSSR count). The van der Waals surface area contributed by atoms with Gasteiger partial charge in [-0.1, -0.05) is 17.7 Å². The smallest absolute Gasteiger partial charge is 0.227 e. The zero-order chi connectivity index (χ0) is 15.4. The highest BCUT2D eigenvalue weighted by atomic mass is 35.5. The summed E-state index contributed by atoms with van der Waals surface area (Å²) in [5.41, 5.74) is 0.623. The van der Waals surface area contributed by atoms with Crippen molar-refractivity contribution in [3.05, 3.63) is 34.6 Å². The maximum Gasteiger partial charge on any atom is 0.227 e. The SMILES string of the molecule is CNC(=O)CC1CCN(C(=O)Cc2ccc(F)cc2Cl)C1. The van der Waals surface area contributed by atoms with Crippen LogP contribution < -0.4 is 5.32 Å². The molecule has 0 saturated carbocycles. The first-order valence-electron chi connectivity index (χ1n) is 6.92. The Bertz CT molecular complexity index is 550. The number of likely N-dealkylation sites (tertiary alicyclic amines) is 1. The van der Waals surface area contributed by atoms with Gasteiger partial charge in [0.15, 0.2) is 0 Å². The number of nitrogens with zero attached hydrogens (tertiary/aromatic N) is 1. The fourth-order valence-corrected chi connectivity index (χ4v) is 2.76. The number of halogens is 2. The molecule has 1 fully saturated rings. The molecule has 1 N–H and O–H groups in total. The number of benzene rings is 1. The second-order valence-electron chi connectivity index (χ2n) is 5.28. The number of hydrogen-bond donors (Lipinski definition) is 1. The van der Waals surface area contributed by atoms with Crippen molar-refractivity contribution in [2.24, 2.45) is 5.92 Å². The van der Waals surface area contributed by atoms with Crippen LogP contribution in [-0.2, 0) is 16.0 Å². The van der Waals surface area contributed by atoms with Gasteiger partial charge in [-0.3, -0.25) is 9.59 Å². The molecule has 1 atom stereocenters. The summed E-state index contributed by atoms with van der Waals surface area (Å²) in [5.74, 6) is -0.251. The van der Waals surface area contributed by atoms with Crippen molar-refractivity contribution >= 4 is 23.4 Å². The quantitative estimate of drug-likeness (QED) is 0.924. The Morgan fingerprint density at radius 1 is 1.48 bits per heavy atom. The van der Waals surface area contributed by atoms with Crippen molar-refractivity contribution in [3.63, 3.8) is 0 Å². The lowest BCUT2D eigenvalue weighted by Crippen LogP contribution is -2.31. The highest BCUT2D eigenvalue weighted by Crippen LogP contribution is 2.22. The Hall–Kier alpha value is -1.62. The van der Waals surface area contributed by atoms with Crippen molar-refractivity contribution in [2.45, 2.75) is 19.3 Å². The van der Waals surface area contributed by atoms with Gasteiger partial charge in [0.2, 0.25) is 11.8 Å². The molecule has 1 aliphatic heterocycles. The van der Waals surface area contributed by atoms with E-state index in [4.69, 9.17) is 11.6 Å². The molecule has 2 amide bonds. The molecule has 114 valence electrons. The van der Waals surface area contributed by atoms with E-state index in [1.807, 2.05) is 0 Å². The third-order valence-corrected chi connectivity index (χ3v) is 4.10. The van der Waals surface area contributed by atoms with Crippen LogP contribution in [-0.4, -0.2) is 36.9 Å². The van der Waals surface area contributed by atoms with Gasteiger partial charge in [0, 0.05) is 31.6 Å². The minimum atomic E-state index is -0.414. The number of hydrogen-bond acceptors (Lipinski definition) is 2. The summed E-state index contributed by atoms with van der Waals surface area (Å²) in [6, 6.07) is 4.04. The molecule has 6 heteroatoms. The van der Waals surface area contributed by atoms with E-state index in [0.717, 1.165) is 6.42 Å². The maximum absolute atomic E-state index is 13.0. The summed E-state index contributed by atoms with van der Waals surface area (Å²) in [4.78, 5) is 25.3. The largest absolute Gasteiger partial charge is 0.359 e. The Morgan fingerprint density at radius 2 is 2.24 bits per heavy atom. The Labute approximate surface area is 128 Å². The van der Waals surface area contributed by atoms with Gasteiger partial charge in [-0.25, -0.2) is 4.39 Å². The van der Waals surface area contributed by atoms with Gasteiger partial charge in [-0.15, -0.1) is 0 Å². The van der Waals surface area contributed by atoms with Crippen molar-refractivity contribution < 1.29 is 14.0 Å². The second kappa shape index (κ2) is 6.89. The number of nitrogens with one attached hydrogen (secondary N) is 1. The van der Waals surface area contributed by atoms with E-state index in [1.165, 1.54) is 18.2 Å². The predicted octanol–water partition coefficient (Wildman–Crippen LogP) is 2.01. The Kier molecular flexibility index (Phi) is 5.17. The van der Waals surface area contributed by atoms with E-state index in [9.17, 15) is 14.0 Å². The van der Waals surface area contributed by atoms with Gasteiger partial charge in [-0.05, 0) is 30.0 Å². The lowest BCUT2D eigenvalue weighted by atomic mass is 10.0. The van der Waals surface area contributed by atoms with E-state index in [1.54, 1.807) is 11.9 Å². The van der Waals surface area contributed by atoms with E-state index in [-0.39, 0.29) is 29.2 Å². The third kappa shape index (κ3) is 4.17. The van der Waals surface area contributed by atoms with E-state index in [0.29, 0.717) is 25.1 Å².